The number of carbonyl (C=O) groups is 1. The summed E-state index contributed by atoms with van der Waals surface area (Å²) in [6.45, 7) is 10.4. The Hall–Kier alpha value is -1.36. The predicted octanol–water partition coefficient (Wildman–Crippen LogP) is 3.28. The van der Waals surface area contributed by atoms with Crippen molar-refractivity contribution < 1.29 is 9.21 Å². The molecule has 0 radical (unpaired) electrons. The second-order valence-corrected chi connectivity index (χ2v) is 6.54. The largest absolute Gasteiger partial charge is 0.446 e. The monoisotopic (exact) mass is 295 g/mol. The summed E-state index contributed by atoms with van der Waals surface area (Å²) in [4.78, 5) is 16.3. The Labute approximate surface area is 127 Å². The number of rotatable bonds is 8. The highest BCUT2D eigenvalue weighted by Gasteiger charge is 2.20. The summed E-state index contributed by atoms with van der Waals surface area (Å²) in [6, 6.07) is -0.148. The number of hydrogen-bond donors (Lipinski definition) is 2. The van der Waals surface area contributed by atoms with Crippen LogP contribution in [0.15, 0.2) is 10.7 Å². The molecule has 5 heteroatoms. The minimum absolute atomic E-state index is 0.134. The van der Waals surface area contributed by atoms with Gasteiger partial charge in [-0.25, -0.2) is 4.98 Å². The summed E-state index contributed by atoms with van der Waals surface area (Å²) in [5.74, 6) is 1.14. The molecule has 0 saturated heterocycles. The lowest BCUT2D eigenvalue weighted by atomic mass is 10.0. The quantitative estimate of drug-likeness (QED) is 0.771. The molecule has 1 rings (SSSR count). The van der Waals surface area contributed by atoms with E-state index in [4.69, 9.17) is 10.2 Å². The molecule has 0 fully saturated rings. The molecule has 1 aromatic rings. The summed E-state index contributed by atoms with van der Waals surface area (Å²) in [6.07, 6.45) is 4.65. The van der Waals surface area contributed by atoms with Crippen molar-refractivity contribution in [2.75, 3.05) is 0 Å². The van der Waals surface area contributed by atoms with Crippen molar-refractivity contribution in [2.24, 2.45) is 17.6 Å². The first-order chi connectivity index (χ1) is 9.81. The first-order valence-corrected chi connectivity index (χ1v) is 7.83. The molecule has 120 valence electrons. The molecule has 0 spiro atoms. The van der Waals surface area contributed by atoms with E-state index in [1.807, 2.05) is 20.8 Å². The SMILES string of the molecule is CC(C)CCCC(C)NC(=O)c1coc(C(N)C(C)C)n1. The summed E-state index contributed by atoms with van der Waals surface area (Å²) in [5.41, 5.74) is 6.26. The fourth-order valence-electron chi connectivity index (χ4n) is 2.03. The third kappa shape index (κ3) is 5.87. The van der Waals surface area contributed by atoms with E-state index in [9.17, 15) is 4.79 Å². The minimum atomic E-state index is -0.282. The first-order valence-electron chi connectivity index (χ1n) is 7.83. The van der Waals surface area contributed by atoms with Gasteiger partial charge in [0.05, 0.1) is 6.04 Å². The summed E-state index contributed by atoms with van der Waals surface area (Å²) >= 11 is 0. The Balaban J connectivity index is 2.48. The molecule has 2 atom stereocenters. The summed E-state index contributed by atoms with van der Waals surface area (Å²) in [7, 11) is 0. The van der Waals surface area contributed by atoms with Crippen molar-refractivity contribution in [3.63, 3.8) is 0 Å². The molecular weight excluding hydrogens is 266 g/mol. The average Bonchev–Trinajstić information content (AvgIpc) is 2.86. The van der Waals surface area contributed by atoms with E-state index in [0.29, 0.717) is 17.5 Å². The molecule has 0 bridgehead atoms. The third-order valence-electron chi connectivity index (χ3n) is 3.55. The second kappa shape index (κ2) is 8.17. The lowest BCUT2D eigenvalue weighted by Gasteiger charge is -2.13. The van der Waals surface area contributed by atoms with Gasteiger partial charge < -0.3 is 15.5 Å². The van der Waals surface area contributed by atoms with Crippen LogP contribution in [-0.4, -0.2) is 16.9 Å². The van der Waals surface area contributed by atoms with Crippen LogP contribution in [0.25, 0.3) is 0 Å². The van der Waals surface area contributed by atoms with Gasteiger partial charge in [0.1, 0.15) is 6.26 Å². The zero-order valence-electron chi connectivity index (χ0n) is 13.8. The predicted molar refractivity (Wildman–Crippen MR) is 83.9 cm³/mol. The average molecular weight is 295 g/mol. The van der Waals surface area contributed by atoms with Crippen LogP contribution in [0.1, 0.15) is 76.3 Å². The number of nitrogens with two attached hydrogens (primary N) is 1. The zero-order valence-corrected chi connectivity index (χ0v) is 13.8. The smallest absolute Gasteiger partial charge is 0.273 e. The number of nitrogens with one attached hydrogen (secondary N) is 1. The Morgan fingerprint density at radius 1 is 1.29 bits per heavy atom. The highest BCUT2D eigenvalue weighted by molar-refractivity contribution is 5.92. The van der Waals surface area contributed by atoms with E-state index < -0.39 is 0 Å². The van der Waals surface area contributed by atoms with Gasteiger partial charge in [0.25, 0.3) is 5.91 Å². The second-order valence-electron chi connectivity index (χ2n) is 6.54. The van der Waals surface area contributed by atoms with Gasteiger partial charge >= 0.3 is 0 Å². The van der Waals surface area contributed by atoms with Crippen molar-refractivity contribution in [3.8, 4) is 0 Å². The molecule has 0 aliphatic rings. The Morgan fingerprint density at radius 2 is 1.95 bits per heavy atom. The van der Waals surface area contributed by atoms with Crippen LogP contribution in [-0.2, 0) is 0 Å². The number of nitrogens with zero attached hydrogens (tertiary/aromatic N) is 1. The molecular formula is C16H29N3O2. The van der Waals surface area contributed by atoms with E-state index in [0.717, 1.165) is 12.8 Å². The number of oxazole rings is 1. The van der Waals surface area contributed by atoms with Crippen LogP contribution in [0.2, 0.25) is 0 Å². The van der Waals surface area contributed by atoms with Crippen molar-refractivity contribution in [1.82, 2.24) is 10.3 Å². The van der Waals surface area contributed by atoms with Crippen LogP contribution in [0.4, 0.5) is 0 Å². The summed E-state index contributed by atoms with van der Waals surface area (Å²) < 4.78 is 5.31. The van der Waals surface area contributed by atoms with Crippen LogP contribution >= 0.6 is 0 Å². The molecule has 1 heterocycles. The molecule has 0 saturated carbocycles. The van der Waals surface area contributed by atoms with Crippen LogP contribution in [0.5, 0.6) is 0 Å². The van der Waals surface area contributed by atoms with Gasteiger partial charge in [-0.3, -0.25) is 4.79 Å². The van der Waals surface area contributed by atoms with E-state index in [-0.39, 0.29) is 23.9 Å². The third-order valence-corrected chi connectivity index (χ3v) is 3.55. The Morgan fingerprint density at radius 3 is 2.52 bits per heavy atom. The van der Waals surface area contributed by atoms with Crippen molar-refractivity contribution in [1.29, 1.82) is 0 Å². The first kappa shape index (κ1) is 17.7. The van der Waals surface area contributed by atoms with Gasteiger partial charge in [-0.2, -0.15) is 0 Å². The Bertz CT molecular complexity index is 440. The van der Waals surface area contributed by atoms with Crippen LogP contribution in [0.3, 0.4) is 0 Å². The zero-order chi connectivity index (χ0) is 16.0. The molecule has 2 unspecified atom stereocenters. The van der Waals surface area contributed by atoms with E-state index in [1.165, 1.54) is 12.7 Å². The van der Waals surface area contributed by atoms with Crippen LogP contribution in [0, 0.1) is 11.8 Å². The molecule has 0 aliphatic carbocycles. The van der Waals surface area contributed by atoms with Gasteiger partial charge in [-0.1, -0.05) is 40.5 Å². The van der Waals surface area contributed by atoms with Crippen molar-refractivity contribution in [3.05, 3.63) is 17.8 Å². The maximum atomic E-state index is 12.1. The summed E-state index contributed by atoms with van der Waals surface area (Å²) in [5, 5.41) is 2.95. The van der Waals surface area contributed by atoms with Crippen molar-refractivity contribution >= 4 is 5.91 Å². The molecule has 0 aliphatic heterocycles. The molecule has 5 nitrogen and oxygen atoms in total. The van der Waals surface area contributed by atoms with Gasteiger partial charge in [-0.05, 0) is 25.2 Å². The fourth-order valence-corrected chi connectivity index (χ4v) is 2.03. The van der Waals surface area contributed by atoms with Crippen molar-refractivity contribution in [2.45, 2.75) is 66.0 Å². The number of amides is 1. The Kier molecular flexibility index (Phi) is 6.89. The maximum absolute atomic E-state index is 12.1. The standard InChI is InChI=1S/C16H29N3O2/c1-10(2)7-6-8-12(5)18-15(20)13-9-21-16(19-13)14(17)11(3)4/h9-12,14H,6-8,17H2,1-5H3,(H,18,20). The van der Waals surface area contributed by atoms with E-state index in [1.54, 1.807) is 0 Å². The molecule has 0 aromatic carbocycles. The molecule has 3 N–H and O–H groups in total. The number of carbonyl (C=O) groups excluding carboxylic acids is 1. The maximum Gasteiger partial charge on any atom is 0.273 e. The fraction of sp³-hybridized carbons (Fsp3) is 0.750. The van der Waals surface area contributed by atoms with Gasteiger partial charge in [0, 0.05) is 6.04 Å². The van der Waals surface area contributed by atoms with Gasteiger partial charge in [-0.15, -0.1) is 0 Å². The van der Waals surface area contributed by atoms with Gasteiger partial charge in [0.2, 0.25) is 5.89 Å². The highest BCUT2D eigenvalue weighted by atomic mass is 16.3. The normalized spacial score (nSPS) is 14.5. The van der Waals surface area contributed by atoms with Crippen LogP contribution < -0.4 is 11.1 Å². The topological polar surface area (TPSA) is 81.2 Å². The highest BCUT2D eigenvalue weighted by Crippen LogP contribution is 2.18. The molecule has 1 amide bonds. The lowest BCUT2D eigenvalue weighted by Crippen LogP contribution is -2.32. The molecule has 1 aromatic heterocycles. The number of hydrogen-bond acceptors (Lipinski definition) is 4. The number of aromatic nitrogens is 1. The van der Waals surface area contributed by atoms with E-state index in [2.05, 4.69) is 24.1 Å². The van der Waals surface area contributed by atoms with Gasteiger partial charge in [0.15, 0.2) is 5.69 Å². The minimum Gasteiger partial charge on any atom is -0.446 e. The lowest BCUT2D eigenvalue weighted by molar-refractivity contribution is 0.0932. The van der Waals surface area contributed by atoms with E-state index >= 15 is 0 Å². The molecule has 21 heavy (non-hydrogen) atoms.